The number of hydrogen-bond acceptors (Lipinski definition) is 8. The molecule has 2 heterocycles. The molecule has 1 atom stereocenters. The van der Waals surface area contributed by atoms with Gasteiger partial charge in [-0.05, 0) is 45.2 Å². The third-order valence-electron chi connectivity index (χ3n) is 5.70. The van der Waals surface area contributed by atoms with Gasteiger partial charge in [0.1, 0.15) is 35.8 Å². The van der Waals surface area contributed by atoms with Crippen LogP contribution in [0, 0.1) is 17.2 Å². The molecule has 0 aliphatic carbocycles. The molecule has 0 spiro atoms. The third-order valence-corrected chi connectivity index (χ3v) is 5.70. The molecule has 194 valence electrons. The Morgan fingerprint density at radius 1 is 1.17 bits per heavy atom. The van der Waals surface area contributed by atoms with Crippen molar-refractivity contribution in [3.63, 3.8) is 0 Å². The summed E-state index contributed by atoms with van der Waals surface area (Å²) in [4.78, 5) is 28.8. The van der Waals surface area contributed by atoms with E-state index in [-0.39, 0.29) is 24.5 Å². The summed E-state index contributed by atoms with van der Waals surface area (Å²) in [5.41, 5.74) is 2.62. The zero-order valence-corrected chi connectivity index (χ0v) is 21.7. The van der Waals surface area contributed by atoms with E-state index in [4.69, 9.17) is 14.5 Å². The van der Waals surface area contributed by atoms with E-state index in [0.29, 0.717) is 44.0 Å². The average Bonchev–Trinajstić information content (AvgIpc) is 3.29. The normalized spacial score (nSPS) is 14.8. The van der Waals surface area contributed by atoms with Crippen molar-refractivity contribution in [3.05, 3.63) is 30.5 Å². The third kappa shape index (κ3) is 7.38. The predicted octanol–water partition coefficient (Wildman–Crippen LogP) is 3.87. The number of anilines is 2. The first-order valence-corrected chi connectivity index (χ1v) is 12.3. The SMILES string of the molecule is CC(C)C[C@H](Nc1conc1-c1ccc(N2CCN(C(=O)OC(C)(C)C)CC2)cc1)C(=O)NCC#N. The van der Waals surface area contributed by atoms with Crippen LogP contribution in [0.4, 0.5) is 16.2 Å². The molecular weight excluding hydrogens is 460 g/mol. The number of nitrogens with one attached hydrogen (secondary N) is 2. The van der Waals surface area contributed by atoms with Gasteiger partial charge in [-0.2, -0.15) is 5.26 Å². The van der Waals surface area contributed by atoms with Crippen LogP contribution in [-0.4, -0.2) is 66.4 Å². The number of nitriles is 1. The van der Waals surface area contributed by atoms with E-state index >= 15 is 0 Å². The van der Waals surface area contributed by atoms with Gasteiger partial charge in [0.2, 0.25) is 5.91 Å². The second-order valence-electron chi connectivity index (χ2n) is 10.3. The van der Waals surface area contributed by atoms with Crippen LogP contribution in [0.2, 0.25) is 0 Å². The van der Waals surface area contributed by atoms with Gasteiger partial charge >= 0.3 is 6.09 Å². The van der Waals surface area contributed by atoms with E-state index in [2.05, 4.69) is 20.7 Å². The summed E-state index contributed by atoms with van der Waals surface area (Å²) >= 11 is 0. The van der Waals surface area contributed by atoms with Crippen LogP contribution in [0.5, 0.6) is 0 Å². The molecule has 0 bridgehead atoms. The van der Waals surface area contributed by atoms with Crippen molar-refractivity contribution >= 4 is 23.4 Å². The molecule has 1 aliphatic rings. The number of amides is 2. The number of nitrogens with zero attached hydrogens (tertiary/aromatic N) is 4. The Morgan fingerprint density at radius 3 is 2.42 bits per heavy atom. The van der Waals surface area contributed by atoms with Crippen molar-refractivity contribution in [3.8, 4) is 17.3 Å². The quantitative estimate of drug-likeness (QED) is 0.528. The molecule has 1 aromatic heterocycles. The lowest BCUT2D eigenvalue weighted by molar-refractivity contribution is -0.121. The van der Waals surface area contributed by atoms with Gasteiger partial charge in [0, 0.05) is 37.4 Å². The molecule has 10 heteroatoms. The zero-order chi connectivity index (χ0) is 26.3. The zero-order valence-electron chi connectivity index (χ0n) is 21.7. The van der Waals surface area contributed by atoms with Crippen LogP contribution >= 0.6 is 0 Å². The van der Waals surface area contributed by atoms with Crippen molar-refractivity contribution in [1.29, 1.82) is 5.26 Å². The highest BCUT2D eigenvalue weighted by Crippen LogP contribution is 2.30. The molecule has 2 N–H and O–H groups in total. The highest BCUT2D eigenvalue weighted by molar-refractivity contribution is 5.86. The van der Waals surface area contributed by atoms with Crippen molar-refractivity contribution in [1.82, 2.24) is 15.4 Å². The molecule has 3 rings (SSSR count). The summed E-state index contributed by atoms with van der Waals surface area (Å²) in [6.07, 6.45) is 1.81. The number of rotatable bonds is 8. The molecule has 1 aromatic carbocycles. The molecule has 10 nitrogen and oxygen atoms in total. The lowest BCUT2D eigenvalue weighted by atomic mass is 10.0. The summed E-state index contributed by atoms with van der Waals surface area (Å²) < 4.78 is 10.7. The molecule has 1 fully saturated rings. The molecule has 2 amide bonds. The molecule has 36 heavy (non-hydrogen) atoms. The lowest BCUT2D eigenvalue weighted by Gasteiger charge is -2.36. The molecule has 0 saturated carbocycles. The van der Waals surface area contributed by atoms with Crippen molar-refractivity contribution in [2.75, 3.05) is 42.9 Å². The Morgan fingerprint density at radius 2 is 1.83 bits per heavy atom. The maximum Gasteiger partial charge on any atom is 0.410 e. The average molecular weight is 497 g/mol. The first-order valence-electron chi connectivity index (χ1n) is 12.3. The topological polar surface area (TPSA) is 124 Å². The molecule has 1 saturated heterocycles. The van der Waals surface area contributed by atoms with Crippen molar-refractivity contribution in [2.45, 2.75) is 52.7 Å². The second-order valence-corrected chi connectivity index (χ2v) is 10.3. The minimum absolute atomic E-state index is 0.0426. The summed E-state index contributed by atoms with van der Waals surface area (Å²) in [6.45, 7) is 12.2. The van der Waals surface area contributed by atoms with Gasteiger partial charge < -0.3 is 29.7 Å². The Bertz CT molecular complexity index is 1060. The standard InChI is InChI=1S/C26H36N6O4/c1-18(2)16-21(24(33)28-11-10-27)29-22-17-35-30-23(22)19-6-8-20(9-7-19)31-12-14-32(15-13-31)25(34)36-26(3,4)5/h6-9,17-18,21,29H,11-16H2,1-5H3,(H,28,33)/t21-/m0/s1. The number of aromatic nitrogens is 1. The summed E-state index contributed by atoms with van der Waals surface area (Å²) in [5, 5.41) is 18.8. The summed E-state index contributed by atoms with van der Waals surface area (Å²) in [6, 6.07) is 9.38. The van der Waals surface area contributed by atoms with Gasteiger partial charge in [-0.25, -0.2) is 4.79 Å². The number of carbonyl (C=O) groups is 2. The summed E-state index contributed by atoms with van der Waals surface area (Å²) in [5.74, 6) is 0.0342. The lowest BCUT2D eigenvalue weighted by Crippen LogP contribution is -2.50. The van der Waals surface area contributed by atoms with Gasteiger partial charge in [0.05, 0.1) is 6.07 Å². The van der Waals surface area contributed by atoms with E-state index in [1.165, 1.54) is 6.26 Å². The van der Waals surface area contributed by atoms with Crippen molar-refractivity contribution < 1.29 is 18.8 Å². The monoisotopic (exact) mass is 496 g/mol. The maximum absolute atomic E-state index is 12.6. The fraction of sp³-hybridized carbons (Fsp3) is 0.538. The van der Waals surface area contributed by atoms with Gasteiger partial charge in [0.15, 0.2) is 0 Å². The number of hydrogen-bond donors (Lipinski definition) is 2. The van der Waals surface area contributed by atoms with Crippen LogP contribution < -0.4 is 15.5 Å². The predicted molar refractivity (Wildman–Crippen MR) is 137 cm³/mol. The fourth-order valence-corrected chi connectivity index (χ4v) is 3.99. The van der Waals surface area contributed by atoms with Gasteiger partial charge in [0.25, 0.3) is 0 Å². The Labute approximate surface area is 212 Å². The van der Waals surface area contributed by atoms with E-state index in [9.17, 15) is 9.59 Å². The fourth-order valence-electron chi connectivity index (χ4n) is 3.99. The molecule has 1 aliphatic heterocycles. The number of piperazine rings is 1. The molecular formula is C26H36N6O4. The highest BCUT2D eigenvalue weighted by atomic mass is 16.6. The van der Waals surface area contributed by atoms with E-state index < -0.39 is 11.6 Å². The van der Waals surface area contributed by atoms with Crippen LogP contribution in [0.15, 0.2) is 35.1 Å². The molecule has 0 radical (unpaired) electrons. The van der Waals surface area contributed by atoms with Gasteiger partial charge in [-0.3, -0.25) is 4.79 Å². The molecule has 0 unspecified atom stereocenters. The molecule has 2 aromatic rings. The van der Waals surface area contributed by atoms with Gasteiger partial charge in [-0.1, -0.05) is 31.1 Å². The number of ether oxygens (including phenoxy) is 1. The van der Waals surface area contributed by atoms with Crippen LogP contribution in [0.25, 0.3) is 11.3 Å². The Kier molecular flexibility index (Phi) is 8.80. The first kappa shape index (κ1) is 26.9. The Balaban J connectivity index is 1.65. The smallest absolute Gasteiger partial charge is 0.410 e. The van der Waals surface area contributed by atoms with Crippen LogP contribution in [0.1, 0.15) is 41.0 Å². The minimum Gasteiger partial charge on any atom is -0.444 e. The Hall–Kier alpha value is -3.74. The highest BCUT2D eigenvalue weighted by Gasteiger charge is 2.26. The van der Waals surface area contributed by atoms with Crippen LogP contribution in [-0.2, 0) is 9.53 Å². The van der Waals surface area contributed by atoms with Gasteiger partial charge in [-0.15, -0.1) is 0 Å². The second kappa shape index (κ2) is 11.8. The summed E-state index contributed by atoms with van der Waals surface area (Å²) in [7, 11) is 0. The minimum atomic E-state index is -0.517. The van der Waals surface area contributed by atoms with E-state index in [1.54, 1.807) is 4.90 Å². The maximum atomic E-state index is 12.6. The van der Waals surface area contributed by atoms with Crippen LogP contribution in [0.3, 0.4) is 0 Å². The number of carbonyl (C=O) groups excluding carboxylic acids is 2. The van der Waals surface area contributed by atoms with E-state index in [1.807, 2.05) is 65.0 Å². The number of benzene rings is 1. The largest absolute Gasteiger partial charge is 0.444 e. The first-order chi connectivity index (χ1) is 17.1. The van der Waals surface area contributed by atoms with E-state index in [0.717, 1.165) is 11.3 Å². The van der Waals surface area contributed by atoms with Crippen molar-refractivity contribution in [2.24, 2.45) is 5.92 Å².